The predicted octanol–water partition coefficient (Wildman–Crippen LogP) is 0.956. The highest BCUT2D eigenvalue weighted by atomic mass is 16.5. The first-order valence-corrected chi connectivity index (χ1v) is 4.84. The quantitative estimate of drug-likeness (QED) is 0.663. The predicted molar refractivity (Wildman–Crippen MR) is 50.4 cm³/mol. The van der Waals surface area contributed by atoms with Crippen LogP contribution in [0.4, 0.5) is 4.79 Å². The molecule has 1 rings (SSSR count). The molecule has 2 N–H and O–H groups in total. The van der Waals surface area contributed by atoms with E-state index < -0.39 is 0 Å². The molecule has 0 aromatic carbocycles. The van der Waals surface area contributed by atoms with Gasteiger partial charge in [-0.2, -0.15) is 0 Å². The molecule has 1 aliphatic heterocycles. The average molecular weight is 186 g/mol. The summed E-state index contributed by atoms with van der Waals surface area (Å²) in [5, 5.41) is 0. The van der Waals surface area contributed by atoms with Crippen molar-refractivity contribution in [1.29, 1.82) is 0 Å². The van der Waals surface area contributed by atoms with Crippen LogP contribution in [0.3, 0.4) is 0 Å². The van der Waals surface area contributed by atoms with Crippen LogP contribution in [0.25, 0.3) is 0 Å². The Morgan fingerprint density at radius 3 is 2.92 bits per heavy atom. The molecular formula is C9H18N2O2. The highest BCUT2D eigenvalue weighted by Crippen LogP contribution is 2.16. The normalized spacial score (nSPS) is 23.8. The lowest BCUT2D eigenvalue weighted by Gasteiger charge is -2.27. The standard InChI is InChI=1S/C9H18N2O2/c1-13-9(12)11-6-4-2-3-5-8(11)7-10/h8H,2-7,10H2,1H3. The maximum atomic E-state index is 11.3. The summed E-state index contributed by atoms with van der Waals surface area (Å²) in [7, 11) is 1.42. The van der Waals surface area contributed by atoms with E-state index in [1.54, 1.807) is 4.90 Å². The molecule has 0 spiro atoms. The molecular weight excluding hydrogens is 168 g/mol. The number of carbonyl (C=O) groups is 1. The Morgan fingerprint density at radius 2 is 2.31 bits per heavy atom. The first kappa shape index (κ1) is 10.3. The van der Waals surface area contributed by atoms with Crippen molar-refractivity contribution in [2.45, 2.75) is 31.7 Å². The zero-order valence-corrected chi connectivity index (χ0v) is 8.16. The van der Waals surface area contributed by atoms with Gasteiger partial charge in [-0.25, -0.2) is 4.79 Å². The molecule has 1 saturated heterocycles. The van der Waals surface area contributed by atoms with E-state index in [4.69, 9.17) is 10.5 Å². The van der Waals surface area contributed by atoms with Gasteiger partial charge < -0.3 is 15.4 Å². The summed E-state index contributed by atoms with van der Waals surface area (Å²) in [5.74, 6) is 0. The Labute approximate surface area is 79.0 Å². The lowest BCUT2D eigenvalue weighted by atomic mass is 10.1. The molecule has 0 aromatic heterocycles. The fourth-order valence-corrected chi connectivity index (χ4v) is 1.78. The van der Waals surface area contributed by atoms with Crippen molar-refractivity contribution in [3.8, 4) is 0 Å². The van der Waals surface area contributed by atoms with E-state index in [1.807, 2.05) is 0 Å². The van der Waals surface area contributed by atoms with Gasteiger partial charge in [0.25, 0.3) is 0 Å². The van der Waals surface area contributed by atoms with E-state index in [0.717, 1.165) is 25.8 Å². The van der Waals surface area contributed by atoms with Gasteiger partial charge in [0.05, 0.1) is 7.11 Å². The Morgan fingerprint density at radius 1 is 1.54 bits per heavy atom. The van der Waals surface area contributed by atoms with Crippen molar-refractivity contribution < 1.29 is 9.53 Å². The lowest BCUT2D eigenvalue weighted by molar-refractivity contribution is 0.107. The van der Waals surface area contributed by atoms with Crippen LogP contribution < -0.4 is 5.73 Å². The highest BCUT2D eigenvalue weighted by molar-refractivity contribution is 5.67. The number of carbonyl (C=O) groups excluding carboxylic acids is 1. The number of ether oxygens (including phenoxy) is 1. The molecule has 4 heteroatoms. The van der Waals surface area contributed by atoms with Gasteiger partial charge in [-0.3, -0.25) is 0 Å². The van der Waals surface area contributed by atoms with Crippen LogP contribution in [0.15, 0.2) is 0 Å². The molecule has 0 saturated carbocycles. The second-order valence-electron chi connectivity index (χ2n) is 3.40. The number of nitrogens with two attached hydrogens (primary N) is 1. The molecule has 0 aromatic rings. The minimum Gasteiger partial charge on any atom is -0.453 e. The van der Waals surface area contributed by atoms with E-state index in [2.05, 4.69) is 0 Å². The van der Waals surface area contributed by atoms with Gasteiger partial charge in [0.2, 0.25) is 0 Å². The van der Waals surface area contributed by atoms with Gasteiger partial charge in [-0.1, -0.05) is 12.8 Å². The molecule has 1 amide bonds. The number of hydrogen-bond acceptors (Lipinski definition) is 3. The van der Waals surface area contributed by atoms with Crippen molar-refractivity contribution >= 4 is 6.09 Å². The van der Waals surface area contributed by atoms with E-state index in [0.29, 0.717) is 6.54 Å². The van der Waals surface area contributed by atoms with Crippen LogP contribution in [0.2, 0.25) is 0 Å². The van der Waals surface area contributed by atoms with Crippen LogP contribution >= 0.6 is 0 Å². The summed E-state index contributed by atoms with van der Waals surface area (Å²) in [4.78, 5) is 13.1. The molecule has 1 aliphatic rings. The zero-order valence-electron chi connectivity index (χ0n) is 8.16. The SMILES string of the molecule is COC(=O)N1CCCCCC1CN. The molecule has 76 valence electrons. The monoisotopic (exact) mass is 186 g/mol. The van der Waals surface area contributed by atoms with Crippen LogP contribution in [0.1, 0.15) is 25.7 Å². The van der Waals surface area contributed by atoms with Crippen molar-refractivity contribution in [2.75, 3.05) is 20.2 Å². The third-order valence-corrected chi connectivity index (χ3v) is 2.56. The van der Waals surface area contributed by atoms with Gasteiger partial charge in [0, 0.05) is 19.1 Å². The molecule has 1 fully saturated rings. The van der Waals surface area contributed by atoms with Crippen molar-refractivity contribution in [1.82, 2.24) is 4.90 Å². The Bertz CT molecular complexity index is 173. The number of amides is 1. The third kappa shape index (κ3) is 2.59. The van der Waals surface area contributed by atoms with Gasteiger partial charge >= 0.3 is 6.09 Å². The summed E-state index contributed by atoms with van der Waals surface area (Å²) in [6.45, 7) is 1.32. The molecule has 0 aliphatic carbocycles. The number of methoxy groups -OCH3 is 1. The molecule has 1 atom stereocenters. The van der Waals surface area contributed by atoms with Gasteiger partial charge in [0.15, 0.2) is 0 Å². The Balaban J connectivity index is 2.58. The summed E-state index contributed by atoms with van der Waals surface area (Å²) < 4.78 is 4.71. The van der Waals surface area contributed by atoms with Crippen molar-refractivity contribution in [3.63, 3.8) is 0 Å². The second kappa shape index (κ2) is 5.07. The zero-order chi connectivity index (χ0) is 9.68. The smallest absolute Gasteiger partial charge is 0.409 e. The first-order chi connectivity index (χ1) is 6.29. The fourth-order valence-electron chi connectivity index (χ4n) is 1.78. The van der Waals surface area contributed by atoms with Crippen LogP contribution in [-0.2, 0) is 4.74 Å². The molecule has 4 nitrogen and oxygen atoms in total. The fraction of sp³-hybridized carbons (Fsp3) is 0.889. The average Bonchev–Trinajstić information content (AvgIpc) is 2.41. The summed E-state index contributed by atoms with van der Waals surface area (Å²) >= 11 is 0. The maximum absolute atomic E-state index is 11.3. The largest absolute Gasteiger partial charge is 0.453 e. The van der Waals surface area contributed by atoms with E-state index >= 15 is 0 Å². The number of hydrogen-bond donors (Lipinski definition) is 1. The Kier molecular flexibility index (Phi) is 4.02. The number of rotatable bonds is 1. The first-order valence-electron chi connectivity index (χ1n) is 4.84. The molecule has 0 bridgehead atoms. The van der Waals surface area contributed by atoms with Crippen LogP contribution in [0.5, 0.6) is 0 Å². The summed E-state index contributed by atoms with van der Waals surface area (Å²) in [6.07, 6.45) is 4.17. The number of nitrogens with zero attached hydrogens (tertiary/aromatic N) is 1. The van der Waals surface area contributed by atoms with Crippen LogP contribution in [0, 0.1) is 0 Å². The third-order valence-electron chi connectivity index (χ3n) is 2.56. The van der Waals surface area contributed by atoms with Gasteiger partial charge in [-0.15, -0.1) is 0 Å². The lowest BCUT2D eigenvalue weighted by Crippen LogP contribution is -2.44. The Hall–Kier alpha value is -0.770. The van der Waals surface area contributed by atoms with Crippen molar-refractivity contribution in [2.24, 2.45) is 5.73 Å². The molecule has 1 heterocycles. The van der Waals surface area contributed by atoms with Gasteiger partial charge in [0.1, 0.15) is 0 Å². The maximum Gasteiger partial charge on any atom is 0.409 e. The molecule has 0 radical (unpaired) electrons. The van der Waals surface area contributed by atoms with E-state index in [1.165, 1.54) is 13.5 Å². The second-order valence-corrected chi connectivity index (χ2v) is 3.40. The topological polar surface area (TPSA) is 55.6 Å². The minimum atomic E-state index is -0.239. The minimum absolute atomic E-state index is 0.176. The summed E-state index contributed by atoms with van der Waals surface area (Å²) in [5.41, 5.74) is 5.61. The van der Waals surface area contributed by atoms with Gasteiger partial charge in [-0.05, 0) is 12.8 Å². The summed E-state index contributed by atoms with van der Waals surface area (Å²) in [6, 6.07) is 0.176. The highest BCUT2D eigenvalue weighted by Gasteiger charge is 2.24. The van der Waals surface area contributed by atoms with E-state index in [-0.39, 0.29) is 12.1 Å². The van der Waals surface area contributed by atoms with Crippen LogP contribution in [-0.4, -0.2) is 37.2 Å². The van der Waals surface area contributed by atoms with Crippen molar-refractivity contribution in [3.05, 3.63) is 0 Å². The molecule has 1 unspecified atom stereocenters. The molecule has 13 heavy (non-hydrogen) atoms. The number of likely N-dealkylation sites (tertiary alicyclic amines) is 1. The van der Waals surface area contributed by atoms with E-state index in [9.17, 15) is 4.79 Å².